The summed E-state index contributed by atoms with van der Waals surface area (Å²) in [6, 6.07) is 0. The lowest BCUT2D eigenvalue weighted by Gasteiger charge is -2.37. The minimum Gasteiger partial charge on any atom is -0.364 e. The van der Waals surface area contributed by atoms with Crippen molar-refractivity contribution in [3.8, 4) is 0 Å². The highest BCUT2D eigenvalue weighted by Crippen LogP contribution is 2.19. The van der Waals surface area contributed by atoms with Crippen molar-refractivity contribution in [1.82, 2.24) is 4.90 Å². The lowest BCUT2D eigenvalue weighted by molar-refractivity contribution is -0.150. The second kappa shape index (κ2) is 7.80. The fourth-order valence-electron chi connectivity index (χ4n) is 1.73. The maximum atomic E-state index is 11.0. The van der Waals surface area contributed by atoms with Gasteiger partial charge in [-0.25, -0.2) is 0 Å². The summed E-state index contributed by atoms with van der Waals surface area (Å²) < 4.78 is 11.2. The van der Waals surface area contributed by atoms with Crippen LogP contribution in [0.5, 0.6) is 0 Å². The number of aldehydes is 1. The van der Waals surface area contributed by atoms with Crippen LogP contribution in [-0.4, -0.2) is 43.4 Å². The van der Waals surface area contributed by atoms with Crippen LogP contribution in [0.15, 0.2) is 0 Å². The predicted octanol–water partition coefficient (Wildman–Crippen LogP) is 2.28. The molecule has 2 atom stereocenters. The Hall–Kier alpha value is -0.450. The Labute approximate surface area is 105 Å². The molecule has 102 valence electrons. The summed E-state index contributed by atoms with van der Waals surface area (Å²) >= 11 is 0. The van der Waals surface area contributed by atoms with Gasteiger partial charge in [0.05, 0.1) is 0 Å². The van der Waals surface area contributed by atoms with E-state index in [1.165, 1.54) is 0 Å². The molecule has 0 spiro atoms. The first-order valence-corrected chi connectivity index (χ1v) is 6.33. The van der Waals surface area contributed by atoms with E-state index in [1.54, 1.807) is 0 Å². The minimum absolute atomic E-state index is 0.0548. The molecular weight excluding hydrogens is 218 g/mol. The third kappa shape index (κ3) is 6.15. The van der Waals surface area contributed by atoms with Crippen LogP contribution < -0.4 is 0 Å². The van der Waals surface area contributed by atoms with E-state index in [1.807, 2.05) is 41.5 Å². The summed E-state index contributed by atoms with van der Waals surface area (Å²) in [5, 5.41) is 0. The number of hydrogen-bond donors (Lipinski definition) is 0. The van der Waals surface area contributed by atoms with Gasteiger partial charge in [0.15, 0.2) is 0 Å². The molecule has 0 aliphatic carbocycles. The van der Waals surface area contributed by atoms with Crippen molar-refractivity contribution in [2.75, 3.05) is 19.8 Å². The number of hydrogen-bond acceptors (Lipinski definition) is 4. The Bertz CT molecular complexity index is 207. The summed E-state index contributed by atoms with van der Waals surface area (Å²) in [5.74, 6) is 0. The van der Waals surface area contributed by atoms with Gasteiger partial charge in [-0.2, -0.15) is 0 Å². The second-order valence-electron chi connectivity index (χ2n) is 4.89. The van der Waals surface area contributed by atoms with Gasteiger partial charge in [-0.1, -0.05) is 13.8 Å². The summed E-state index contributed by atoms with van der Waals surface area (Å²) in [6.07, 6.45) is 0.874. The van der Waals surface area contributed by atoms with Crippen molar-refractivity contribution < 1.29 is 14.3 Å². The van der Waals surface area contributed by atoms with Crippen molar-refractivity contribution in [2.24, 2.45) is 5.41 Å². The summed E-state index contributed by atoms with van der Waals surface area (Å²) in [7, 11) is 0. The van der Waals surface area contributed by atoms with Gasteiger partial charge >= 0.3 is 0 Å². The molecule has 0 amide bonds. The lowest BCUT2D eigenvalue weighted by Crippen LogP contribution is -2.48. The van der Waals surface area contributed by atoms with Gasteiger partial charge in [0.25, 0.3) is 0 Å². The number of nitrogens with zero attached hydrogens (tertiary/aromatic N) is 1. The van der Waals surface area contributed by atoms with Crippen LogP contribution in [0.2, 0.25) is 0 Å². The van der Waals surface area contributed by atoms with E-state index >= 15 is 0 Å². The van der Waals surface area contributed by atoms with Crippen LogP contribution in [0.3, 0.4) is 0 Å². The minimum atomic E-state index is -0.392. The molecule has 0 fully saturated rings. The average Bonchev–Trinajstić information content (AvgIpc) is 2.26. The van der Waals surface area contributed by atoms with Crippen LogP contribution >= 0.6 is 0 Å². The smallest absolute Gasteiger partial charge is 0.126 e. The zero-order valence-electron chi connectivity index (χ0n) is 12.0. The van der Waals surface area contributed by atoms with Gasteiger partial charge in [-0.15, -0.1) is 0 Å². The van der Waals surface area contributed by atoms with Crippen LogP contribution in [0.25, 0.3) is 0 Å². The highest BCUT2D eigenvalue weighted by atomic mass is 16.5. The van der Waals surface area contributed by atoms with Gasteiger partial charge in [0, 0.05) is 25.2 Å². The van der Waals surface area contributed by atoms with E-state index in [2.05, 4.69) is 4.90 Å². The fraction of sp³-hybridized carbons (Fsp3) is 0.923. The molecule has 2 unspecified atom stereocenters. The van der Waals surface area contributed by atoms with Crippen molar-refractivity contribution in [2.45, 2.75) is 54.0 Å². The maximum absolute atomic E-state index is 11.0. The molecule has 0 aromatic carbocycles. The Kier molecular flexibility index (Phi) is 7.59. The molecule has 0 rings (SSSR count). The van der Waals surface area contributed by atoms with Gasteiger partial charge in [-0.3, -0.25) is 4.90 Å². The van der Waals surface area contributed by atoms with E-state index in [4.69, 9.17) is 9.47 Å². The molecule has 0 saturated carbocycles. The highest BCUT2D eigenvalue weighted by Gasteiger charge is 2.28. The SMILES string of the molecule is CCOC(C)N(CC(C)(C)C=O)C(C)OCC. The largest absolute Gasteiger partial charge is 0.364 e. The molecule has 0 N–H and O–H groups in total. The molecule has 4 nitrogen and oxygen atoms in total. The summed E-state index contributed by atoms with van der Waals surface area (Å²) in [4.78, 5) is 13.1. The van der Waals surface area contributed by atoms with Crippen molar-refractivity contribution in [3.05, 3.63) is 0 Å². The molecule has 0 aromatic heterocycles. The first kappa shape index (κ1) is 16.6. The average molecular weight is 245 g/mol. The first-order valence-electron chi connectivity index (χ1n) is 6.33. The predicted molar refractivity (Wildman–Crippen MR) is 68.7 cm³/mol. The maximum Gasteiger partial charge on any atom is 0.126 e. The topological polar surface area (TPSA) is 38.8 Å². The molecule has 0 aromatic rings. The van der Waals surface area contributed by atoms with E-state index in [0.717, 1.165) is 6.29 Å². The molecular formula is C13H27NO3. The van der Waals surface area contributed by atoms with Gasteiger partial charge in [0.2, 0.25) is 0 Å². The molecule has 0 heterocycles. The quantitative estimate of drug-likeness (QED) is 0.461. The van der Waals surface area contributed by atoms with Crippen LogP contribution in [0, 0.1) is 5.41 Å². The van der Waals surface area contributed by atoms with Crippen molar-refractivity contribution >= 4 is 6.29 Å². The standard InChI is InChI=1S/C13H27NO3/c1-7-16-11(3)14(12(4)17-8-2)9-13(5,6)10-15/h10-12H,7-9H2,1-6H3. The number of carbonyl (C=O) groups is 1. The van der Waals surface area contributed by atoms with Gasteiger partial charge in [-0.05, 0) is 27.7 Å². The Morgan fingerprint density at radius 1 is 1.12 bits per heavy atom. The van der Waals surface area contributed by atoms with Crippen molar-refractivity contribution in [3.63, 3.8) is 0 Å². The molecule has 4 heteroatoms. The highest BCUT2D eigenvalue weighted by molar-refractivity contribution is 5.58. The first-order chi connectivity index (χ1) is 7.87. The zero-order valence-corrected chi connectivity index (χ0v) is 12.0. The zero-order chi connectivity index (χ0) is 13.5. The third-order valence-electron chi connectivity index (χ3n) is 2.66. The molecule has 0 aliphatic rings. The number of rotatable bonds is 9. The van der Waals surface area contributed by atoms with E-state index in [0.29, 0.717) is 19.8 Å². The Morgan fingerprint density at radius 2 is 1.53 bits per heavy atom. The Balaban J connectivity index is 4.65. The fourth-order valence-corrected chi connectivity index (χ4v) is 1.73. The molecule has 0 saturated heterocycles. The van der Waals surface area contributed by atoms with E-state index < -0.39 is 5.41 Å². The van der Waals surface area contributed by atoms with E-state index in [-0.39, 0.29) is 12.5 Å². The van der Waals surface area contributed by atoms with Gasteiger partial charge in [0.1, 0.15) is 18.7 Å². The number of ether oxygens (including phenoxy) is 2. The number of carbonyl (C=O) groups excluding carboxylic acids is 1. The van der Waals surface area contributed by atoms with Crippen LogP contribution in [0.4, 0.5) is 0 Å². The molecule has 0 radical (unpaired) electrons. The third-order valence-corrected chi connectivity index (χ3v) is 2.66. The molecule has 17 heavy (non-hydrogen) atoms. The van der Waals surface area contributed by atoms with Crippen LogP contribution in [0.1, 0.15) is 41.5 Å². The molecule has 0 bridgehead atoms. The normalized spacial score (nSPS) is 15.9. The van der Waals surface area contributed by atoms with Gasteiger partial charge < -0.3 is 14.3 Å². The summed E-state index contributed by atoms with van der Waals surface area (Å²) in [6.45, 7) is 13.7. The lowest BCUT2D eigenvalue weighted by atomic mass is 9.95. The van der Waals surface area contributed by atoms with Crippen LogP contribution in [-0.2, 0) is 14.3 Å². The monoisotopic (exact) mass is 245 g/mol. The Morgan fingerprint density at radius 3 is 1.82 bits per heavy atom. The second-order valence-corrected chi connectivity index (χ2v) is 4.89. The van der Waals surface area contributed by atoms with E-state index in [9.17, 15) is 4.79 Å². The van der Waals surface area contributed by atoms with Crippen molar-refractivity contribution in [1.29, 1.82) is 0 Å². The molecule has 0 aliphatic heterocycles. The summed E-state index contributed by atoms with van der Waals surface area (Å²) in [5.41, 5.74) is -0.392.